The van der Waals surface area contributed by atoms with Crippen molar-refractivity contribution in [1.29, 1.82) is 0 Å². The van der Waals surface area contributed by atoms with Crippen LogP contribution < -0.4 is 0 Å². The zero-order valence-corrected chi connectivity index (χ0v) is 21.5. The number of imidazole rings is 1. The molecule has 0 fully saturated rings. The number of pyridine rings is 2. The molecule has 8 aromatic rings. The highest BCUT2D eigenvalue weighted by Crippen LogP contribution is 2.37. The maximum atomic E-state index is 5.00. The molecule has 0 amide bonds. The van der Waals surface area contributed by atoms with Crippen molar-refractivity contribution in [3.05, 3.63) is 140 Å². The summed E-state index contributed by atoms with van der Waals surface area (Å²) in [5.41, 5.74) is 10.4. The summed E-state index contributed by atoms with van der Waals surface area (Å²) < 4.78 is 4.49. The molecule has 0 radical (unpaired) electrons. The van der Waals surface area contributed by atoms with Crippen LogP contribution in [0.4, 0.5) is 0 Å². The normalized spacial score (nSPS) is 11.5. The molecule has 0 aliphatic heterocycles. The van der Waals surface area contributed by atoms with Gasteiger partial charge in [0.2, 0.25) is 0 Å². The second-order valence-electron chi connectivity index (χ2n) is 9.83. The zero-order chi connectivity index (χ0) is 26.5. The highest BCUT2D eigenvalue weighted by Gasteiger charge is 2.18. The van der Waals surface area contributed by atoms with Gasteiger partial charge in [0.1, 0.15) is 11.8 Å². The van der Waals surface area contributed by atoms with Gasteiger partial charge in [0.25, 0.3) is 0 Å². The average molecular weight is 514 g/mol. The Balaban J connectivity index is 1.37. The van der Waals surface area contributed by atoms with Crippen molar-refractivity contribution in [2.45, 2.75) is 0 Å². The third-order valence-corrected chi connectivity index (χ3v) is 7.50. The van der Waals surface area contributed by atoms with E-state index in [9.17, 15) is 0 Å². The van der Waals surface area contributed by atoms with Gasteiger partial charge in [-0.25, -0.2) is 4.98 Å². The van der Waals surface area contributed by atoms with E-state index < -0.39 is 0 Å². The summed E-state index contributed by atoms with van der Waals surface area (Å²) in [5, 5.41) is 2.38. The molecule has 0 aliphatic rings. The first-order chi connectivity index (χ1) is 19.8. The van der Waals surface area contributed by atoms with Crippen LogP contribution in [-0.2, 0) is 0 Å². The molecule has 4 heterocycles. The first-order valence-electron chi connectivity index (χ1n) is 13.3. The lowest BCUT2D eigenvalue weighted by atomic mass is 10.1. The van der Waals surface area contributed by atoms with Crippen molar-refractivity contribution in [3.63, 3.8) is 0 Å². The lowest BCUT2D eigenvalue weighted by Crippen LogP contribution is -1.96. The van der Waals surface area contributed by atoms with E-state index in [1.807, 2.05) is 55.1 Å². The Labute approximate surface area is 230 Å². The molecule has 4 aromatic heterocycles. The minimum atomic E-state index is 0.948. The molecule has 0 N–H and O–H groups in total. The van der Waals surface area contributed by atoms with E-state index in [1.165, 1.54) is 10.8 Å². The second-order valence-corrected chi connectivity index (χ2v) is 9.83. The minimum Gasteiger partial charge on any atom is -0.307 e. The van der Waals surface area contributed by atoms with Gasteiger partial charge in [-0.3, -0.25) is 14.5 Å². The molecule has 5 heteroatoms. The fourth-order valence-corrected chi connectivity index (χ4v) is 5.69. The average Bonchev–Trinajstić information content (AvgIpc) is 3.62. The minimum absolute atomic E-state index is 0.948. The fraction of sp³-hybridized carbons (Fsp3) is 0. The van der Waals surface area contributed by atoms with E-state index in [4.69, 9.17) is 4.98 Å². The van der Waals surface area contributed by atoms with E-state index in [1.54, 1.807) is 0 Å². The van der Waals surface area contributed by atoms with Gasteiger partial charge in [-0.1, -0.05) is 54.6 Å². The molecule has 0 spiro atoms. The number of hydrogen-bond acceptors (Lipinski definition) is 3. The first-order valence-corrected chi connectivity index (χ1v) is 13.3. The molecule has 0 aliphatic carbocycles. The number of fused-ring (bicyclic) bond motifs is 5. The molecule has 5 nitrogen and oxygen atoms in total. The van der Waals surface area contributed by atoms with Crippen molar-refractivity contribution in [2.75, 3.05) is 0 Å². The SMILES string of the molecule is c1ccc(-c2cccc(-n3cnc4c3ccc3c5ccccc5n(-c5cccc(-c6ccccn6)c5)c34)c2)nc1. The number of para-hydroxylation sites is 1. The van der Waals surface area contributed by atoms with Gasteiger partial charge < -0.3 is 4.57 Å². The van der Waals surface area contributed by atoms with Gasteiger partial charge in [-0.15, -0.1) is 0 Å². The Kier molecular flexibility index (Phi) is 5.07. The van der Waals surface area contributed by atoms with Crippen LogP contribution in [0.5, 0.6) is 0 Å². The van der Waals surface area contributed by atoms with Gasteiger partial charge in [-0.2, -0.15) is 0 Å². The van der Waals surface area contributed by atoms with Gasteiger partial charge in [0.05, 0.1) is 27.9 Å². The van der Waals surface area contributed by atoms with E-state index >= 15 is 0 Å². The van der Waals surface area contributed by atoms with Crippen LogP contribution >= 0.6 is 0 Å². The fourth-order valence-electron chi connectivity index (χ4n) is 5.69. The predicted octanol–water partition coefficient (Wildman–Crippen LogP) is 8.25. The van der Waals surface area contributed by atoms with Crippen LogP contribution in [0.25, 0.3) is 66.7 Å². The number of benzene rings is 4. The zero-order valence-electron chi connectivity index (χ0n) is 21.5. The van der Waals surface area contributed by atoms with Crippen LogP contribution in [0, 0.1) is 0 Å². The number of hydrogen-bond donors (Lipinski definition) is 0. The van der Waals surface area contributed by atoms with Crippen molar-refractivity contribution >= 4 is 32.8 Å². The summed E-state index contributed by atoms with van der Waals surface area (Å²) in [6.07, 6.45) is 5.59. The van der Waals surface area contributed by atoms with Gasteiger partial charge in [-0.05, 0) is 66.7 Å². The standard InChI is InChI=1S/C35H23N5/c1-2-16-32-28(13-1)29-17-18-33-34(35(29)40(32)27-12-8-10-25(22-27)31-15-4-6-20-37-31)38-23-39(33)26-11-7-9-24(21-26)30-14-3-5-19-36-30/h1-23H. The van der Waals surface area contributed by atoms with Crippen molar-refractivity contribution in [3.8, 4) is 33.9 Å². The van der Waals surface area contributed by atoms with Crippen LogP contribution in [0.1, 0.15) is 0 Å². The molecule has 0 atom stereocenters. The van der Waals surface area contributed by atoms with Gasteiger partial charge in [0.15, 0.2) is 0 Å². The lowest BCUT2D eigenvalue weighted by molar-refractivity contribution is 1.09. The first kappa shape index (κ1) is 22.4. The quantitative estimate of drug-likeness (QED) is 0.238. The highest BCUT2D eigenvalue weighted by atomic mass is 15.1. The molecular weight excluding hydrogens is 490 g/mol. The Morgan fingerprint density at radius 3 is 1.88 bits per heavy atom. The summed E-state index contributed by atoms with van der Waals surface area (Å²) in [5.74, 6) is 0. The Morgan fingerprint density at radius 2 is 1.15 bits per heavy atom. The number of aromatic nitrogens is 5. The van der Waals surface area contributed by atoms with Crippen LogP contribution in [0.2, 0.25) is 0 Å². The Hall–Kier alpha value is -5.55. The third kappa shape index (κ3) is 3.52. The van der Waals surface area contributed by atoms with E-state index in [0.29, 0.717) is 0 Å². The number of nitrogens with zero attached hydrogens (tertiary/aromatic N) is 5. The molecule has 0 unspecified atom stereocenters. The topological polar surface area (TPSA) is 48.5 Å². The Morgan fingerprint density at radius 1 is 0.475 bits per heavy atom. The van der Waals surface area contributed by atoms with Crippen LogP contribution in [0.3, 0.4) is 0 Å². The molecule has 0 saturated carbocycles. The summed E-state index contributed by atoms with van der Waals surface area (Å²) in [6.45, 7) is 0. The number of rotatable bonds is 4. The van der Waals surface area contributed by atoms with Gasteiger partial charge >= 0.3 is 0 Å². The summed E-state index contributed by atoms with van der Waals surface area (Å²) in [7, 11) is 0. The van der Waals surface area contributed by atoms with E-state index in [2.05, 4.69) is 104 Å². The molecule has 4 aromatic carbocycles. The van der Waals surface area contributed by atoms with Crippen molar-refractivity contribution in [1.82, 2.24) is 24.1 Å². The molecular formula is C35H23N5. The molecule has 40 heavy (non-hydrogen) atoms. The molecule has 8 rings (SSSR count). The van der Waals surface area contributed by atoms with E-state index in [-0.39, 0.29) is 0 Å². The monoisotopic (exact) mass is 513 g/mol. The van der Waals surface area contributed by atoms with Crippen molar-refractivity contribution in [2.24, 2.45) is 0 Å². The maximum absolute atomic E-state index is 5.00. The third-order valence-electron chi connectivity index (χ3n) is 7.50. The Bertz CT molecular complexity index is 2160. The second kappa shape index (κ2) is 9.03. The largest absolute Gasteiger partial charge is 0.307 e. The molecule has 0 saturated heterocycles. The summed E-state index contributed by atoms with van der Waals surface area (Å²) >= 11 is 0. The smallest absolute Gasteiger partial charge is 0.113 e. The maximum Gasteiger partial charge on any atom is 0.113 e. The van der Waals surface area contributed by atoms with Crippen molar-refractivity contribution < 1.29 is 0 Å². The van der Waals surface area contributed by atoms with Gasteiger partial charge in [0, 0.05) is 45.7 Å². The molecule has 188 valence electrons. The highest BCUT2D eigenvalue weighted by molar-refractivity contribution is 6.17. The van der Waals surface area contributed by atoms with E-state index in [0.717, 1.165) is 56.0 Å². The predicted molar refractivity (Wildman–Crippen MR) is 162 cm³/mol. The molecule has 0 bridgehead atoms. The summed E-state index contributed by atoms with van der Waals surface area (Å²) in [6, 6.07) is 42.0. The van der Waals surface area contributed by atoms with Crippen LogP contribution in [-0.4, -0.2) is 24.1 Å². The summed E-state index contributed by atoms with van der Waals surface area (Å²) in [4.78, 5) is 14.1. The van der Waals surface area contributed by atoms with Crippen LogP contribution in [0.15, 0.2) is 140 Å². The lowest BCUT2D eigenvalue weighted by Gasteiger charge is -2.11.